The molecule has 1 amide bonds. The highest BCUT2D eigenvalue weighted by Gasteiger charge is 2.21. The van der Waals surface area contributed by atoms with Crippen LogP contribution >= 0.6 is 0 Å². The molecule has 0 bridgehead atoms. The third-order valence-electron chi connectivity index (χ3n) is 3.34. The molecule has 116 valence electrons. The number of aromatic nitrogens is 2. The van der Waals surface area contributed by atoms with E-state index < -0.39 is 5.41 Å². The maximum Gasteiger partial charge on any atom is 0.225 e. The van der Waals surface area contributed by atoms with Crippen LogP contribution in [0, 0.1) is 12.3 Å². The van der Waals surface area contributed by atoms with Crippen molar-refractivity contribution in [2.45, 2.75) is 34.2 Å². The number of pyridine rings is 2. The lowest BCUT2D eigenvalue weighted by molar-refractivity contribution is -0.128. The van der Waals surface area contributed by atoms with E-state index in [0.717, 1.165) is 17.0 Å². The number of amides is 1. The monoisotopic (exact) mass is 299 g/mol. The van der Waals surface area contributed by atoms with Crippen molar-refractivity contribution in [3.63, 3.8) is 0 Å². The number of rotatable bonds is 3. The van der Waals surface area contributed by atoms with Gasteiger partial charge in [-0.1, -0.05) is 20.8 Å². The number of carbonyl (C=O) groups is 1. The smallest absolute Gasteiger partial charge is 0.225 e. The van der Waals surface area contributed by atoms with Crippen LogP contribution in [0.15, 0.2) is 35.4 Å². The predicted molar refractivity (Wildman–Crippen MR) is 86.3 cm³/mol. The van der Waals surface area contributed by atoms with Crippen molar-refractivity contribution < 1.29 is 4.79 Å². The highest BCUT2D eigenvalue weighted by molar-refractivity contribution is 5.81. The van der Waals surface area contributed by atoms with Crippen molar-refractivity contribution in [2.24, 2.45) is 5.41 Å². The number of aromatic amines is 1. The second-order valence-electron chi connectivity index (χ2n) is 6.34. The van der Waals surface area contributed by atoms with Gasteiger partial charge in [0.1, 0.15) is 0 Å². The first kappa shape index (κ1) is 15.9. The van der Waals surface area contributed by atoms with Crippen LogP contribution in [-0.4, -0.2) is 15.9 Å². The van der Waals surface area contributed by atoms with Gasteiger partial charge in [-0.05, 0) is 19.1 Å². The van der Waals surface area contributed by atoms with Crippen molar-refractivity contribution >= 4 is 5.91 Å². The highest BCUT2D eigenvalue weighted by atomic mass is 16.2. The topological polar surface area (TPSA) is 74.8 Å². The minimum Gasteiger partial charge on any atom is -0.358 e. The van der Waals surface area contributed by atoms with Gasteiger partial charge in [0, 0.05) is 47.2 Å². The zero-order chi connectivity index (χ0) is 16.3. The van der Waals surface area contributed by atoms with Crippen LogP contribution < -0.4 is 10.7 Å². The summed E-state index contributed by atoms with van der Waals surface area (Å²) in [5.74, 6) is -0.0897. The second-order valence-corrected chi connectivity index (χ2v) is 6.34. The summed E-state index contributed by atoms with van der Waals surface area (Å²) in [6.45, 7) is 7.55. The maximum absolute atomic E-state index is 12.3. The van der Waals surface area contributed by atoms with E-state index in [1.807, 2.05) is 39.8 Å². The Balaban J connectivity index is 2.39. The minimum absolute atomic E-state index is 0.0859. The van der Waals surface area contributed by atoms with Gasteiger partial charge in [-0.25, -0.2) is 0 Å². The third-order valence-corrected chi connectivity index (χ3v) is 3.34. The van der Waals surface area contributed by atoms with Gasteiger partial charge in [-0.3, -0.25) is 14.6 Å². The number of nitrogens with zero attached hydrogens (tertiary/aromatic N) is 1. The van der Waals surface area contributed by atoms with Crippen LogP contribution in [0.5, 0.6) is 0 Å². The average molecular weight is 299 g/mol. The summed E-state index contributed by atoms with van der Waals surface area (Å²) in [6, 6.07) is 5.21. The summed E-state index contributed by atoms with van der Waals surface area (Å²) < 4.78 is 0. The standard InChI is InChI=1S/C17H21N3O2/c1-11-9-14(21)13(10-19-16(22)17(2,3)4)15(20-11)12-5-7-18-8-6-12/h5-9H,10H2,1-4H3,(H,19,22)(H,20,21). The second kappa shape index (κ2) is 6.13. The van der Waals surface area contributed by atoms with Crippen LogP contribution in [0.3, 0.4) is 0 Å². The summed E-state index contributed by atoms with van der Waals surface area (Å²) in [7, 11) is 0. The third kappa shape index (κ3) is 3.61. The van der Waals surface area contributed by atoms with Crippen LogP contribution in [0.25, 0.3) is 11.3 Å². The molecule has 2 aromatic heterocycles. The maximum atomic E-state index is 12.3. The van der Waals surface area contributed by atoms with Crippen molar-refractivity contribution in [2.75, 3.05) is 0 Å². The Bertz CT molecular complexity index is 728. The molecule has 0 spiro atoms. The van der Waals surface area contributed by atoms with Crippen LogP contribution in [-0.2, 0) is 11.3 Å². The fourth-order valence-electron chi connectivity index (χ4n) is 2.09. The Hall–Kier alpha value is -2.43. The highest BCUT2D eigenvalue weighted by Crippen LogP contribution is 2.19. The van der Waals surface area contributed by atoms with E-state index >= 15 is 0 Å². The molecule has 5 nitrogen and oxygen atoms in total. The first-order valence-electron chi connectivity index (χ1n) is 7.20. The van der Waals surface area contributed by atoms with Crippen molar-refractivity contribution in [3.05, 3.63) is 52.1 Å². The summed E-state index contributed by atoms with van der Waals surface area (Å²) in [5, 5.41) is 2.83. The number of hydrogen-bond donors (Lipinski definition) is 2. The number of carbonyl (C=O) groups excluding carboxylic acids is 1. The van der Waals surface area contributed by atoms with Gasteiger partial charge in [-0.2, -0.15) is 0 Å². The van der Waals surface area contributed by atoms with Crippen LogP contribution in [0.2, 0.25) is 0 Å². The Kier molecular flexibility index (Phi) is 4.45. The van der Waals surface area contributed by atoms with Crippen molar-refractivity contribution in [1.82, 2.24) is 15.3 Å². The lowest BCUT2D eigenvalue weighted by Gasteiger charge is -2.18. The number of H-pyrrole nitrogens is 1. The Labute approximate surface area is 129 Å². The molecule has 0 saturated carbocycles. The number of hydrogen-bond acceptors (Lipinski definition) is 3. The van der Waals surface area contributed by atoms with Crippen molar-refractivity contribution in [1.29, 1.82) is 0 Å². The van der Waals surface area contributed by atoms with Gasteiger partial charge < -0.3 is 10.3 Å². The Morgan fingerprint density at radius 3 is 2.50 bits per heavy atom. The molecule has 2 aromatic rings. The fraction of sp³-hybridized carbons (Fsp3) is 0.353. The first-order chi connectivity index (χ1) is 10.3. The molecule has 0 aliphatic heterocycles. The van der Waals surface area contributed by atoms with Crippen LogP contribution in [0.1, 0.15) is 32.0 Å². The van der Waals surface area contributed by atoms with E-state index in [0.29, 0.717) is 5.56 Å². The molecular formula is C17H21N3O2. The van der Waals surface area contributed by atoms with Gasteiger partial charge in [0.25, 0.3) is 0 Å². The zero-order valence-electron chi connectivity index (χ0n) is 13.4. The van der Waals surface area contributed by atoms with E-state index in [2.05, 4.69) is 15.3 Å². The van der Waals surface area contributed by atoms with Gasteiger partial charge in [-0.15, -0.1) is 0 Å². The van der Waals surface area contributed by atoms with E-state index in [1.165, 1.54) is 0 Å². The molecule has 0 unspecified atom stereocenters. The van der Waals surface area contributed by atoms with E-state index in [4.69, 9.17) is 0 Å². The summed E-state index contributed by atoms with van der Waals surface area (Å²) >= 11 is 0. The predicted octanol–water partition coefficient (Wildman–Crippen LogP) is 2.41. The van der Waals surface area contributed by atoms with Crippen LogP contribution in [0.4, 0.5) is 0 Å². The largest absolute Gasteiger partial charge is 0.358 e. The van der Waals surface area contributed by atoms with Crippen molar-refractivity contribution in [3.8, 4) is 11.3 Å². The zero-order valence-corrected chi connectivity index (χ0v) is 13.4. The molecule has 0 fully saturated rings. The quantitative estimate of drug-likeness (QED) is 0.914. The summed E-state index contributed by atoms with van der Waals surface area (Å²) in [5.41, 5.74) is 2.35. The lowest BCUT2D eigenvalue weighted by Crippen LogP contribution is -2.35. The first-order valence-corrected chi connectivity index (χ1v) is 7.20. The molecule has 0 saturated heterocycles. The van der Waals surface area contributed by atoms with E-state index in [9.17, 15) is 9.59 Å². The normalized spacial score (nSPS) is 11.3. The summed E-state index contributed by atoms with van der Waals surface area (Å²) in [6.07, 6.45) is 3.35. The molecule has 0 aliphatic carbocycles. The Morgan fingerprint density at radius 1 is 1.27 bits per heavy atom. The van der Waals surface area contributed by atoms with E-state index in [1.54, 1.807) is 18.5 Å². The SMILES string of the molecule is Cc1cc(=O)c(CNC(=O)C(C)(C)C)c(-c2ccncc2)[nH]1. The van der Waals surface area contributed by atoms with Gasteiger partial charge in [0.15, 0.2) is 5.43 Å². The number of nitrogens with one attached hydrogen (secondary N) is 2. The Morgan fingerprint density at radius 2 is 1.91 bits per heavy atom. The molecule has 2 N–H and O–H groups in total. The summed E-state index contributed by atoms with van der Waals surface area (Å²) in [4.78, 5) is 31.5. The lowest BCUT2D eigenvalue weighted by atomic mass is 9.95. The van der Waals surface area contributed by atoms with Gasteiger partial charge in [0.05, 0.1) is 5.69 Å². The van der Waals surface area contributed by atoms with Gasteiger partial charge in [0.2, 0.25) is 5.91 Å². The van der Waals surface area contributed by atoms with Gasteiger partial charge >= 0.3 is 0 Å². The molecule has 0 aliphatic rings. The molecule has 0 radical (unpaired) electrons. The molecule has 2 heterocycles. The average Bonchev–Trinajstić information content (AvgIpc) is 2.45. The molecule has 0 aromatic carbocycles. The minimum atomic E-state index is -0.492. The molecule has 0 atom stereocenters. The molecule has 22 heavy (non-hydrogen) atoms. The fourth-order valence-corrected chi connectivity index (χ4v) is 2.09. The van der Waals surface area contributed by atoms with E-state index in [-0.39, 0.29) is 17.9 Å². The number of aryl methyl sites for hydroxylation is 1. The molecule has 5 heteroatoms. The molecular weight excluding hydrogens is 278 g/mol. The molecule has 2 rings (SSSR count).